The fourth-order valence-corrected chi connectivity index (χ4v) is 3.32. The molecule has 18 heavy (non-hydrogen) atoms. The van der Waals surface area contributed by atoms with Crippen LogP contribution in [0, 0.1) is 0 Å². The van der Waals surface area contributed by atoms with Crippen molar-refractivity contribution in [3.63, 3.8) is 0 Å². The van der Waals surface area contributed by atoms with Crippen molar-refractivity contribution in [2.75, 3.05) is 14.2 Å². The number of nitrogens with zero attached hydrogens (tertiary/aromatic N) is 1. The highest BCUT2D eigenvalue weighted by atomic mass is 16.5. The Hall–Kier alpha value is -1.22. The molecule has 1 aromatic rings. The van der Waals surface area contributed by atoms with E-state index in [2.05, 4.69) is 11.9 Å². The molecule has 0 saturated carbocycles. The standard InChI is InChI=1S/C15H21NO2/c1-16-11-6-7-12(16)9-15(8-11)18-14-5-3-4-13(10-14)17-2/h3-5,10-12,15H,6-9H2,1-2H3/t11-,12+,15?. The zero-order valence-electron chi connectivity index (χ0n) is 11.1. The molecule has 2 aliphatic rings. The van der Waals surface area contributed by atoms with Gasteiger partial charge in [0.15, 0.2) is 0 Å². The predicted octanol–water partition coefficient (Wildman–Crippen LogP) is 2.70. The molecule has 0 amide bonds. The number of piperidine rings is 1. The van der Waals surface area contributed by atoms with Crippen molar-refractivity contribution in [3.05, 3.63) is 24.3 Å². The van der Waals surface area contributed by atoms with E-state index in [1.165, 1.54) is 12.8 Å². The van der Waals surface area contributed by atoms with Crippen LogP contribution in [0.15, 0.2) is 24.3 Å². The van der Waals surface area contributed by atoms with E-state index in [0.717, 1.165) is 36.4 Å². The maximum atomic E-state index is 6.12. The molecule has 1 unspecified atom stereocenters. The second kappa shape index (κ2) is 4.81. The van der Waals surface area contributed by atoms with Crippen molar-refractivity contribution in [1.29, 1.82) is 0 Å². The molecule has 3 atom stereocenters. The van der Waals surface area contributed by atoms with Crippen molar-refractivity contribution in [1.82, 2.24) is 4.90 Å². The molecule has 0 radical (unpaired) electrons. The summed E-state index contributed by atoms with van der Waals surface area (Å²) in [6.07, 6.45) is 5.35. The van der Waals surface area contributed by atoms with Crippen LogP contribution in [0.1, 0.15) is 25.7 Å². The van der Waals surface area contributed by atoms with Gasteiger partial charge in [0.1, 0.15) is 17.6 Å². The first-order valence-corrected chi connectivity index (χ1v) is 6.79. The molecular weight excluding hydrogens is 226 g/mol. The Bertz CT molecular complexity index is 407. The van der Waals surface area contributed by atoms with E-state index in [4.69, 9.17) is 9.47 Å². The van der Waals surface area contributed by atoms with E-state index in [1.807, 2.05) is 24.3 Å². The Morgan fingerprint density at radius 2 is 1.78 bits per heavy atom. The van der Waals surface area contributed by atoms with Gasteiger partial charge in [0.2, 0.25) is 0 Å². The quantitative estimate of drug-likeness (QED) is 0.819. The van der Waals surface area contributed by atoms with Crippen LogP contribution in [0.2, 0.25) is 0 Å². The van der Waals surface area contributed by atoms with Gasteiger partial charge >= 0.3 is 0 Å². The molecule has 3 rings (SSSR count). The lowest BCUT2D eigenvalue weighted by molar-refractivity contribution is 0.0660. The van der Waals surface area contributed by atoms with E-state index < -0.39 is 0 Å². The molecule has 98 valence electrons. The Kier molecular flexibility index (Phi) is 3.16. The Labute approximate surface area is 109 Å². The summed E-state index contributed by atoms with van der Waals surface area (Å²) in [4.78, 5) is 2.53. The molecule has 1 aromatic carbocycles. The molecule has 3 heteroatoms. The normalized spacial score (nSPS) is 31.3. The van der Waals surface area contributed by atoms with E-state index >= 15 is 0 Å². The lowest BCUT2D eigenvalue weighted by atomic mass is 10.0. The molecule has 2 aliphatic heterocycles. The maximum Gasteiger partial charge on any atom is 0.123 e. The number of hydrogen-bond acceptors (Lipinski definition) is 3. The summed E-state index contributed by atoms with van der Waals surface area (Å²) >= 11 is 0. The van der Waals surface area contributed by atoms with Crippen molar-refractivity contribution >= 4 is 0 Å². The summed E-state index contributed by atoms with van der Waals surface area (Å²) in [6.45, 7) is 0. The van der Waals surface area contributed by atoms with Crippen molar-refractivity contribution in [2.24, 2.45) is 0 Å². The number of methoxy groups -OCH3 is 1. The number of fused-ring (bicyclic) bond motifs is 2. The number of rotatable bonds is 3. The summed E-state index contributed by atoms with van der Waals surface area (Å²) < 4.78 is 11.3. The van der Waals surface area contributed by atoms with Gasteiger partial charge in [0.25, 0.3) is 0 Å². The predicted molar refractivity (Wildman–Crippen MR) is 71.2 cm³/mol. The third kappa shape index (κ3) is 2.19. The molecule has 2 bridgehead atoms. The van der Waals surface area contributed by atoms with Gasteiger partial charge in [-0.1, -0.05) is 6.07 Å². The molecule has 2 fully saturated rings. The summed E-state index contributed by atoms with van der Waals surface area (Å²) in [7, 11) is 3.94. The molecular formula is C15H21NO2. The van der Waals surface area contributed by atoms with Gasteiger partial charge in [-0.05, 0) is 44.9 Å². The van der Waals surface area contributed by atoms with Crippen LogP contribution in [0.25, 0.3) is 0 Å². The SMILES string of the molecule is COc1cccc(OC2C[C@H]3CC[C@@H](C2)N3C)c1. The lowest BCUT2D eigenvalue weighted by Gasteiger charge is -2.36. The topological polar surface area (TPSA) is 21.7 Å². The fraction of sp³-hybridized carbons (Fsp3) is 0.600. The summed E-state index contributed by atoms with van der Waals surface area (Å²) in [5.41, 5.74) is 0. The molecule has 0 N–H and O–H groups in total. The first kappa shape index (κ1) is 11.8. The van der Waals surface area contributed by atoms with Gasteiger partial charge < -0.3 is 14.4 Å². The molecule has 0 aromatic heterocycles. The van der Waals surface area contributed by atoms with Gasteiger partial charge in [0, 0.05) is 18.2 Å². The molecule has 0 aliphatic carbocycles. The highest BCUT2D eigenvalue weighted by molar-refractivity contribution is 5.33. The van der Waals surface area contributed by atoms with Crippen molar-refractivity contribution in [3.8, 4) is 11.5 Å². The lowest BCUT2D eigenvalue weighted by Crippen LogP contribution is -2.43. The van der Waals surface area contributed by atoms with Gasteiger partial charge in [0.05, 0.1) is 7.11 Å². The maximum absolute atomic E-state index is 6.12. The van der Waals surface area contributed by atoms with Crippen LogP contribution < -0.4 is 9.47 Å². The summed E-state index contributed by atoms with van der Waals surface area (Å²) in [6, 6.07) is 9.37. The summed E-state index contributed by atoms with van der Waals surface area (Å²) in [5.74, 6) is 1.80. The minimum absolute atomic E-state index is 0.366. The smallest absolute Gasteiger partial charge is 0.123 e. The Morgan fingerprint density at radius 1 is 1.11 bits per heavy atom. The summed E-state index contributed by atoms with van der Waals surface area (Å²) in [5, 5.41) is 0. The second-order valence-electron chi connectivity index (χ2n) is 5.44. The second-order valence-corrected chi connectivity index (χ2v) is 5.44. The highest BCUT2D eigenvalue weighted by Gasteiger charge is 2.39. The van der Waals surface area contributed by atoms with E-state index in [1.54, 1.807) is 7.11 Å². The first-order chi connectivity index (χ1) is 8.76. The van der Waals surface area contributed by atoms with E-state index in [-0.39, 0.29) is 0 Å². The Morgan fingerprint density at radius 3 is 2.44 bits per heavy atom. The highest BCUT2D eigenvalue weighted by Crippen LogP contribution is 2.36. The molecule has 2 heterocycles. The molecule has 2 saturated heterocycles. The number of benzene rings is 1. The minimum atomic E-state index is 0.366. The number of ether oxygens (including phenoxy) is 2. The average Bonchev–Trinajstić information content (AvgIpc) is 2.62. The van der Waals surface area contributed by atoms with Gasteiger partial charge in [-0.15, -0.1) is 0 Å². The van der Waals surface area contributed by atoms with Crippen molar-refractivity contribution < 1.29 is 9.47 Å². The van der Waals surface area contributed by atoms with Gasteiger partial charge in [-0.3, -0.25) is 0 Å². The van der Waals surface area contributed by atoms with Gasteiger partial charge in [-0.25, -0.2) is 0 Å². The monoisotopic (exact) mass is 247 g/mol. The van der Waals surface area contributed by atoms with Crippen LogP contribution in [0.4, 0.5) is 0 Å². The third-order valence-corrected chi connectivity index (χ3v) is 4.40. The van der Waals surface area contributed by atoms with E-state index in [9.17, 15) is 0 Å². The Balaban J connectivity index is 1.66. The van der Waals surface area contributed by atoms with Crippen LogP contribution in [0.5, 0.6) is 11.5 Å². The molecule has 0 spiro atoms. The minimum Gasteiger partial charge on any atom is -0.497 e. The fourth-order valence-electron chi connectivity index (χ4n) is 3.32. The number of hydrogen-bond donors (Lipinski definition) is 0. The largest absolute Gasteiger partial charge is 0.497 e. The third-order valence-electron chi connectivity index (χ3n) is 4.40. The van der Waals surface area contributed by atoms with Gasteiger partial charge in [-0.2, -0.15) is 0 Å². The molecule has 3 nitrogen and oxygen atoms in total. The van der Waals surface area contributed by atoms with Crippen LogP contribution in [-0.2, 0) is 0 Å². The van der Waals surface area contributed by atoms with Crippen LogP contribution in [-0.4, -0.2) is 37.2 Å². The van der Waals surface area contributed by atoms with E-state index in [0.29, 0.717) is 6.10 Å². The average molecular weight is 247 g/mol. The van der Waals surface area contributed by atoms with Crippen LogP contribution in [0.3, 0.4) is 0 Å². The zero-order valence-corrected chi connectivity index (χ0v) is 11.1. The van der Waals surface area contributed by atoms with Crippen LogP contribution >= 0.6 is 0 Å². The van der Waals surface area contributed by atoms with Crippen molar-refractivity contribution in [2.45, 2.75) is 43.9 Å². The zero-order chi connectivity index (χ0) is 12.5. The first-order valence-electron chi connectivity index (χ1n) is 6.79.